The van der Waals surface area contributed by atoms with Crippen molar-refractivity contribution in [1.29, 1.82) is 0 Å². The van der Waals surface area contributed by atoms with Crippen LogP contribution in [0, 0.1) is 0 Å². The highest BCUT2D eigenvalue weighted by Crippen LogP contribution is 2.31. The zero-order valence-corrected chi connectivity index (χ0v) is 20.5. The third-order valence-corrected chi connectivity index (χ3v) is 6.25. The molecule has 0 bridgehead atoms. The van der Waals surface area contributed by atoms with Crippen LogP contribution in [-0.2, 0) is 15.6 Å². The number of benzene rings is 2. The van der Waals surface area contributed by atoms with Gasteiger partial charge in [-0.1, -0.05) is 59.7 Å². The molecule has 168 valence electrons. The predicted octanol–water partition coefficient (Wildman–Crippen LogP) is 5.88. The lowest BCUT2D eigenvalue weighted by molar-refractivity contribution is -0.115. The second kappa shape index (κ2) is 8.58. The zero-order valence-electron chi connectivity index (χ0n) is 19.7. The molecule has 0 aromatic heterocycles. The Bertz CT molecular complexity index is 1070. The van der Waals surface area contributed by atoms with Gasteiger partial charge in [0.05, 0.1) is 4.91 Å². The fourth-order valence-electron chi connectivity index (χ4n) is 3.29. The molecule has 2 aromatic carbocycles. The van der Waals surface area contributed by atoms with Crippen molar-refractivity contribution in [2.75, 3.05) is 11.9 Å². The van der Waals surface area contributed by atoms with E-state index in [2.05, 4.69) is 52.9 Å². The van der Waals surface area contributed by atoms with E-state index in [1.54, 1.807) is 18.0 Å². The molecule has 1 aliphatic heterocycles. The molecule has 1 heterocycles. The van der Waals surface area contributed by atoms with E-state index in [1.165, 1.54) is 0 Å². The van der Waals surface area contributed by atoms with Crippen LogP contribution in [0.15, 0.2) is 47.4 Å². The lowest BCUT2D eigenvalue weighted by atomic mass is 9.79. The number of carbonyl (C=O) groups is 3. The van der Waals surface area contributed by atoms with E-state index in [4.69, 9.17) is 0 Å². The second-order valence-corrected chi connectivity index (χ2v) is 11.1. The number of amides is 3. The number of imide groups is 1. The van der Waals surface area contributed by atoms with E-state index in [0.29, 0.717) is 10.5 Å². The first-order valence-electron chi connectivity index (χ1n) is 10.5. The van der Waals surface area contributed by atoms with Crippen LogP contribution in [0.1, 0.15) is 68.6 Å². The number of rotatable bonds is 3. The minimum absolute atomic E-state index is 0.0735. The standard InChI is InChI=1S/C26H30N2O3S/c1-25(2,3)18-13-17(14-19(15-18)26(4,5)6)23(30)28(7)20-10-8-16(9-11-20)12-21-22(29)27-24(31)32-21/h8-15H,1-7H3,(H,27,29,31)/b21-12-. The molecule has 1 N–H and O–H groups in total. The number of thioether (sulfide) groups is 1. The van der Waals surface area contributed by atoms with Crippen molar-refractivity contribution < 1.29 is 14.4 Å². The maximum absolute atomic E-state index is 13.4. The van der Waals surface area contributed by atoms with Gasteiger partial charge in [-0.2, -0.15) is 0 Å². The molecule has 5 nitrogen and oxygen atoms in total. The lowest BCUT2D eigenvalue weighted by Gasteiger charge is -2.27. The van der Waals surface area contributed by atoms with Gasteiger partial charge in [0.1, 0.15) is 0 Å². The normalized spacial score (nSPS) is 15.8. The topological polar surface area (TPSA) is 66.5 Å². The molecule has 0 aliphatic carbocycles. The average Bonchev–Trinajstić information content (AvgIpc) is 3.02. The van der Waals surface area contributed by atoms with Crippen LogP contribution in [0.25, 0.3) is 6.08 Å². The first-order chi connectivity index (χ1) is 14.8. The molecule has 3 amide bonds. The molecule has 0 atom stereocenters. The third-order valence-electron chi connectivity index (χ3n) is 5.44. The fraction of sp³-hybridized carbons (Fsp3) is 0.346. The molecule has 1 fully saturated rings. The number of nitrogens with one attached hydrogen (secondary N) is 1. The van der Waals surface area contributed by atoms with Crippen molar-refractivity contribution in [1.82, 2.24) is 5.32 Å². The average molecular weight is 451 g/mol. The van der Waals surface area contributed by atoms with Crippen LogP contribution in [0.4, 0.5) is 10.5 Å². The molecule has 32 heavy (non-hydrogen) atoms. The molecule has 2 aromatic rings. The molecule has 0 spiro atoms. The predicted molar refractivity (Wildman–Crippen MR) is 132 cm³/mol. The largest absolute Gasteiger partial charge is 0.311 e. The van der Waals surface area contributed by atoms with Crippen LogP contribution < -0.4 is 10.2 Å². The van der Waals surface area contributed by atoms with E-state index < -0.39 is 0 Å². The van der Waals surface area contributed by atoms with Gasteiger partial charge in [-0.25, -0.2) is 0 Å². The van der Waals surface area contributed by atoms with Crippen molar-refractivity contribution in [3.63, 3.8) is 0 Å². The number of carbonyl (C=O) groups excluding carboxylic acids is 3. The summed E-state index contributed by atoms with van der Waals surface area (Å²) in [4.78, 5) is 38.4. The lowest BCUT2D eigenvalue weighted by Crippen LogP contribution is -2.27. The van der Waals surface area contributed by atoms with Gasteiger partial charge in [0.2, 0.25) is 0 Å². The van der Waals surface area contributed by atoms with Crippen LogP contribution in [0.3, 0.4) is 0 Å². The first-order valence-corrected chi connectivity index (χ1v) is 11.4. The van der Waals surface area contributed by atoms with Gasteiger partial charge in [0, 0.05) is 18.3 Å². The summed E-state index contributed by atoms with van der Waals surface area (Å²) >= 11 is 0.885. The highest BCUT2D eigenvalue weighted by Gasteiger charge is 2.25. The molecular formula is C26H30N2O3S. The first kappa shape index (κ1) is 23.8. The Morgan fingerprint density at radius 1 is 0.906 bits per heavy atom. The van der Waals surface area contributed by atoms with Crippen LogP contribution in [0.2, 0.25) is 0 Å². The van der Waals surface area contributed by atoms with E-state index in [9.17, 15) is 14.4 Å². The van der Waals surface area contributed by atoms with E-state index in [1.807, 2.05) is 36.4 Å². The van der Waals surface area contributed by atoms with Crippen molar-refractivity contribution in [3.8, 4) is 0 Å². The van der Waals surface area contributed by atoms with Crippen LogP contribution in [-0.4, -0.2) is 24.1 Å². The van der Waals surface area contributed by atoms with Gasteiger partial charge in [-0.3, -0.25) is 19.7 Å². The van der Waals surface area contributed by atoms with Crippen LogP contribution in [0.5, 0.6) is 0 Å². The maximum Gasteiger partial charge on any atom is 0.290 e. The summed E-state index contributed by atoms with van der Waals surface area (Å²) in [5.41, 5.74) is 4.30. The molecule has 1 aliphatic rings. The Balaban J connectivity index is 1.89. The molecular weight excluding hydrogens is 420 g/mol. The van der Waals surface area contributed by atoms with Gasteiger partial charge in [-0.05, 0) is 69.6 Å². The van der Waals surface area contributed by atoms with Crippen molar-refractivity contribution in [3.05, 3.63) is 69.6 Å². The number of hydrogen-bond acceptors (Lipinski definition) is 4. The van der Waals surface area contributed by atoms with E-state index in [-0.39, 0.29) is 27.9 Å². The molecule has 0 unspecified atom stereocenters. The van der Waals surface area contributed by atoms with Crippen molar-refractivity contribution >= 4 is 40.6 Å². The quantitative estimate of drug-likeness (QED) is 0.593. The summed E-state index contributed by atoms with van der Waals surface area (Å²) in [7, 11) is 1.76. The Morgan fingerprint density at radius 2 is 1.44 bits per heavy atom. The molecule has 6 heteroatoms. The van der Waals surface area contributed by atoms with Crippen LogP contribution >= 0.6 is 11.8 Å². The molecule has 1 saturated heterocycles. The van der Waals surface area contributed by atoms with Gasteiger partial charge in [0.15, 0.2) is 0 Å². The van der Waals surface area contributed by atoms with Gasteiger partial charge >= 0.3 is 0 Å². The summed E-state index contributed by atoms with van der Waals surface area (Å²) in [5.74, 6) is -0.464. The van der Waals surface area contributed by atoms with Gasteiger partial charge in [0.25, 0.3) is 17.1 Å². The van der Waals surface area contributed by atoms with Gasteiger partial charge in [-0.15, -0.1) is 0 Å². The molecule has 3 rings (SSSR count). The van der Waals surface area contributed by atoms with E-state index in [0.717, 1.165) is 34.1 Å². The SMILES string of the molecule is CN(C(=O)c1cc(C(C)(C)C)cc(C(C)(C)C)c1)c1ccc(/C=C2\SC(=O)NC2=O)cc1. The highest BCUT2D eigenvalue weighted by molar-refractivity contribution is 8.18. The van der Waals surface area contributed by atoms with Gasteiger partial charge < -0.3 is 4.90 Å². The van der Waals surface area contributed by atoms with Crippen molar-refractivity contribution in [2.45, 2.75) is 52.4 Å². The molecule has 0 radical (unpaired) electrons. The number of nitrogens with zero attached hydrogens (tertiary/aromatic N) is 1. The summed E-state index contributed by atoms with van der Waals surface area (Å²) < 4.78 is 0. The molecule has 0 saturated carbocycles. The smallest absolute Gasteiger partial charge is 0.290 e. The second-order valence-electron chi connectivity index (χ2n) is 10.1. The zero-order chi connectivity index (χ0) is 23.8. The fourth-order valence-corrected chi connectivity index (χ4v) is 3.98. The summed E-state index contributed by atoms with van der Waals surface area (Å²) in [6, 6.07) is 13.5. The Morgan fingerprint density at radius 3 is 1.88 bits per heavy atom. The van der Waals surface area contributed by atoms with Crippen molar-refractivity contribution in [2.24, 2.45) is 0 Å². The maximum atomic E-state index is 13.4. The summed E-state index contributed by atoms with van der Waals surface area (Å²) in [5, 5.41) is 1.88. The Hall–Kier alpha value is -2.86. The minimum Gasteiger partial charge on any atom is -0.311 e. The monoisotopic (exact) mass is 450 g/mol. The Labute approximate surface area is 194 Å². The minimum atomic E-state index is -0.384. The Kier molecular flexibility index (Phi) is 6.38. The third kappa shape index (κ3) is 5.30. The highest BCUT2D eigenvalue weighted by atomic mass is 32.2. The summed E-state index contributed by atoms with van der Waals surface area (Å²) in [6.45, 7) is 12.9. The summed E-state index contributed by atoms with van der Waals surface area (Å²) in [6.07, 6.45) is 1.67. The number of anilines is 1. The number of hydrogen-bond donors (Lipinski definition) is 1. The van der Waals surface area contributed by atoms with E-state index >= 15 is 0 Å².